The van der Waals surface area contributed by atoms with E-state index in [-0.39, 0.29) is 28.9 Å². The van der Waals surface area contributed by atoms with Crippen LogP contribution in [0.25, 0.3) is 0 Å². The molecule has 0 radical (unpaired) electrons. The number of carbonyl (C=O) groups excluding carboxylic acids is 1. The monoisotopic (exact) mass is 220 g/mol. The van der Waals surface area contributed by atoms with Crippen LogP contribution in [0.4, 0.5) is 5.82 Å². The fourth-order valence-electron chi connectivity index (χ4n) is 1.92. The summed E-state index contributed by atoms with van der Waals surface area (Å²) in [7, 11) is 1.79. The Morgan fingerprint density at radius 1 is 1.50 bits per heavy atom. The summed E-state index contributed by atoms with van der Waals surface area (Å²) in [4.78, 5) is 21.6. The Balaban J connectivity index is 2.18. The lowest BCUT2D eigenvalue weighted by Gasteiger charge is -2.18. The van der Waals surface area contributed by atoms with E-state index in [0.717, 1.165) is 6.42 Å². The third-order valence-corrected chi connectivity index (χ3v) is 3.18. The number of nitrogens with zero attached hydrogens (tertiary/aromatic N) is 3. The van der Waals surface area contributed by atoms with E-state index >= 15 is 0 Å². The molecule has 86 valence electrons. The van der Waals surface area contributed by atoms with Gasteiger partial charge >= 0.3 is 0 Å². The number of amides is 1. The molecule has 1 amide bonds. The zero-order chi connectivity index (χ0) is 11.9. The number of carbonyl (C=O) groups is 1. The van der Waals surface area contributed by atoms with Crippen LogP contribution in [0.15, 0.2) is 12.4 Å². The topological polar surface area (TPSA) is 72.1 Å². The lowest BCUT2D eigenvalue weighted by Crippen LogP contribution is -2.32. The van der Waals surface area contributed by atoms with E-state index in [9.17, 15) is 4.79 Å². The molecule has 1 aliphatic carbocycles. The molecule has 1 atom stereocenters. The first-order valence-electron chi connectivity index (χ1n) is 5.27. The molecule has 5 nitrogen and oxygen atoms in total. The van der Waals surface area contributed by atoms with Gasteiger partial charge in [0.15, 0.2) is 11.5 Å². The van der Waals surface area contributed by atoms with Gasteiger partial charge < -0.3 is 10.6 Å². The molecule has 0 bridgehead atoms. The van der Waals surface area contributed by atoms with E-state index in [1.807, 2.05) is 0 Å². The molecular weight excluding hydrogens is 204 g/mol. The van der Waals surface area contributed by atoms with E-state index in [0.29, 0.717) is 0 Å². The van der Waals surface area contributed by atoms with Crippen molar-refractivity contribution in [1.29, 1.82) is 0 Å². The average molecular weight is 220 g/mol. The fourth-order valence-corrected chi connectivity index (χ4v) is 1.92. The minimum absolute atomic E-state index is 0.152. The van der Waals surface area contributed by atoms with Crippen LogP contribution in [0.2, 0.25) is 0 Å². The van der Waals surface area contributed by atoms with Gasteiger partial charge in [0.25, 0.3) is 5.91 Å². The first kappa shape index (κ1) is 10.9. The number of hydrogen-bond acceptors (Lipinski definition) is 4. The van der Waals surface area contributed by atoms with Crippen molar-refractivity contribution in [3.05, 3.63) is 18.1 Å². The van der Waals surface area contributed by atoms with Gasteiger partial charge in [0, 0.05) is 25.5 Å². The van der Waals surface area contributed by atoms with Gasteiger partial charge in [-0.15, -0.1) is 0 Å². The maximum absolute atomic E-state index is 12.1. The molecule has 0 aliphatic heterocycles. The van der Waals surface area contributed by atoms with Crippen LogP contribution in [-0.4, -0.2) is 33.9 Å². The third kappa shape index (κ3) is 1.73. The molecule has 1 unspecified atom stereocenters. The molecule has 1 aromatic heterocycles. The second-order valence-corrected chi connectivity index (χ2v) is 4.91. The minimum Gasteiger partial charge on any atom is -0.382 e. The summed E-state index contributed by atoms with van der Waals surface area (Å²) >= 11 is 0. The maximum Gasteiger partial charge on any atom is 0.276 e. The molecule has 0 spiro atoms. The van der Waals surface area contributed by atoms with Crippen LogP contribution >= 0.6 is 0 Å². The summed E-state index contributed by atoms with van der Waals surface area (Å²) in [5.41, 5.74) is 6.08. The summed E-state index contributed by atoms with van der Waals surface area (Å²) in [6, 6.07) is 0.279. The smallest absolute Gasteiger partial charge is 0.276 e. The molecule has 2 N–H and O–H groups in total. The van der Waals surface area contributed by atoms with Crippen LogP contribution in [0.3, 0.4) is 0 Å². The summed E-state index contributed by atoms with van der Waals surface area (Å²) < 4.78 is 0. The predicted octanol–water partition coefficient (Wildman–Crippen LogP) is 0.929. The third-order valence-electron chi connectivity index (χ3n) is 3.18. The number of rotatable bonds is 2. The Bertz CT molecular complexity index is 430. The number of nitrogen functional groups attached to an aromatic ring is 1. The normalized spacial score (nSPS) is 21.6. The minimum atomic E-state index is -0.152. The van der Waals surface area contributed by atoms with Crippen molar-refractivity contribution in [3.8, 4) is 0 Å². The lowest BCUT2D eigenvalue weighted by molar-refractivity contribution is 0.0763. The van der Waals surface area contributed by atoms with Crippen molar-refractivity contribution in [3.63, 3.8) is 0 Å². The largest absolute Gasteiger partial charge is 0.382 e. The highest BCUT2D eigenvalue weighted by Crippen LogP contribution is 2.48. The summed E-state index contributed by atoms with van der Waals surface area (Å²) in [5.74, 6) is 0.0407. The molecule has 1 saturated carbocycles. The number of aromatic nitrogens is 2. The molecule has 0 saturated heterocycles. The number of anilines is 1. The van der Waals surface area contributed by atoms with Gasteiger partial charge in [0.05, 0.1) is 0 Å². The van der Waals surface area contributed by atoms with Crippen molar-refractivity contribution in [2.45, 2.75) is 26.3 Å². The molecule has 0 aromatic carbocycles. The quantitative estimate of drug-likeness (QED) is 0.804. The van der Waals surface area contributed by atoms with Gasteiger partial charge in [-0.2, -0.15) is 0 Å². The standard InChI is InChI=1S/C11H16N4O/c1-11(2)6-7(11)15(3)10(16)8-9(12)14-5-4-13-8/h4-5,7H,6H2,1-3H3,(H2,12,14). The maximum atomic E-state index is 12.1. The molecule has 5 heteroatoms. The van der Waals surface area contributed by atoms with Gasteiger partial charge in [-0.3, -0.25) is 4.79 Å². The fraction of sp³-hybridized carbons (Fsp3) is 0.545. The molecule has 2 rings (SSSR count). The Kier molecular flexibility index (Phi) is 2.33. The predicted molar refractivity (Wildman–Crippen MR) is 60.7 cm³/mol. The second kappa shape index (κ2) is 3.43. The van der Waals surface area contributed by atoms with Crippen LogP contribution in [-0.2, 0) is 0 Å². The Labute approximate surface area is 94.7 Å². The van der Waals surface area contributed by atoms with E-state index < -0.39 is 0 Å². The Morgan fingerprint density at radius 3 is 2.56 bits per heavy atom. The van der Waals surface area contributed by atoms with Crippen LogP contribution < -0.4 is 5.73 Å². The number of hydrogen-bond donors (Lipinski definition) is 1. The highest BCUT2D eigenvalue weighted by atomic mass is 16.2. The SMILES string of the molecule is CN(C(=O)c1nccnc1N)C1CC1(C)C. The van der Waals surface area contributed by atoms with E-state index in [2.05, 4.69) is 23.8 Å². The summed E-state index contributed by atoms with van der Waals surface area (Å²) in [6.07, 6.45) is 3.98. The van der Waals surface area contributed by atoms with E-state index in [1.54, 1.807) is 11.9 Å². The van der Waals surface area contributed by atoms with Crippen molar-refractivity contribution >= 4 is 11.7 Å². The average Bonchev–Trinajstić information content (AvgIpc) is 2.86. The highest BCUT2D eigenvalue weighted by Gasteiger charge is 2.50. The van der Waals surface area contributed by atoms with Gasteiger partial charge in [-0.25, -0.2) is 9.97 Å². The molecule has 1 fully saturated rings. The highest BCUT2D eigenvalue weighted by molar-refractivity contribution is 5.96. The zero-order valence-corrected chi connectivity index (χ0v) is 9.77. The van der Waals surface area contributed by atoms with Crippen LogP contribution in [0, 0.1) is 5.41 Å². The van der Waals surface area contributed by atoms with Crippen LogP contribution in [0.1, 0.15) is 30.8 Å². The Morgan fingerprint density at radius 2 is 2.06 bits per heavy atom. The summed E-state index contributed by atoms with van der Waals surface area (Å²) in [6.45, 7) is 4.28. The second-order valence-electron chi connectivity index (χ2n) is 4.91. The van der Waals surface area contributed by atoms with Gasteiger partial charge in [-0.1, -0.05) is 13.8 Å². The molecule has 1 heterocycles. The molecule has 16 heavy (non-hydrogen) atoms. The number of nitrogens with two attached hydrogens (primary N) is 1. The van der Waals surface area contributed by atoms with Crippen molar-refractivity contribution < 1.29 is 4.79 Å². The molecular formula is C11H16N4O. The zero-order valence-electron chi connectivity index (χ0n) is 9.77. The Hall–Kier alpha value is -1.65. The van der Waals surface area contributed by atoms with Gasteiger partial charge in [0.1, 0.15) is 0 Å². The first-order chi connectivity index (χ1) is 7.43. The van der Waals surface area contributed by atoms with Crippen molar-refractivity contribution in [1.82, 2.24) is 14.9 Å². The lowest BCUT2D eigenvalue weighted by atomic mass is 10.2. The van der Waals surface area contributed by atoms with E-state index in [4.69, 9.17) is 5.73 Å². The van der Waals surface area contributed by atoms with Crippen LogP contribution in [0.5, 0.6) is 0 Å². The van der Waals surface area contributed by atoms with Crippen molar-refractivity contribution in [2.75, 3.05) is 12.8 Å². The molecule has 1 aromatic rings. The molecule has 1 aliphatic rings. The van der Waals surface area contributed by atoms with Gasteiger partial charge in [0.2, 0.25) is 0 Å². The first-order valence-corrected chi connectivity index (χ1v) is 5.27. The van der Waals surface area contributed by atoms with E-state index in [1.165, 1.54) is 12.4 Å². The summed E-state index contributed by atoms with van der Waals surface area (Å²) in [5, 5.41) is 0. The van der Waals surface area contributed by atoms with Gasteiger partial charge in [-0.05, 0) is 11.8 Å². The van der Waals surface area contributed by atoms with Crippen molar-refractivity contribution in [2.24, 2.45) is 5.41 Å².